The molecule has 0 fully saturated rings. The Labute approximate surface area is 221 Å². The normalized spacial score (nSPS) is 11.3. The molecule has 0 saturated heterocycles. The summed E-state index contributed by atoms with van der Waals surface area (Å²) in [6, 6.07) is 10.6. The van der Waals surface area contributed by atoms with Gasteiger partial charge in [0.2, 0.25) is 5.95 Å². The SMILES string of the molecule is COc1ncc(Cc2cn(C)c(NCCc3ccc(Oc4ccc(Cl)c(C(F)(F)F)c4)cc3)nc2=O)cn1. The summed E-state index contributed by atoms with van der Waals surface area (Å²) in [7, 11) is 3.27. The molecule has 2 heterocycles. The van der Waals surface area contributed by atoms with Crippen LogP contribution in [-0.4, -0.2) is 33.2 Å². The Balaban J connectivity index is 1.33. The van der Waals surface area contributed by atoms with Crippen molar-refractivity contribution in [2.24, 2.45) is 7.05 Å². The third kappa shape index (κ3) is 6.80. The van der Waals surface area contributed by atoms with Crippen LogP contribution in [0.15, 0.2) is 65.8 Å². The summed E-state index contributed by atoms with van der Waals surface area (Å²) in [6.07, 6.45) is 1.30. The summed E-state index contributed by atoms with van der Waals surface area (Å²) in [6.45, 7) is 0.498. The van der Waals surface area contributed by atoms with E-state index in [4.69, 9.17) is 21.1 Å². The molecule has 2 aromatic heterocycles. The van der Waals surface area contributed by atoms with Crippen molar-refractivity contribution in [1.82, 2.24) is 19.5 Å². The Bertz CT molecular complexity index is 1460. The molecule has 0 radical (unpaired) electrons. The van der Waals surface area contributed by atoms with Crippen LogP contribution in [-0.2, 0) is 26.1 Å². The molecular formula is C26H23ClF3N5O3. The zero-order valence-corrected chi connectivity index (χ0v) is 21.2. The van der Waals surface area contributed by atoms with Gasteiger partial charge in [-0.25, -0.2) is 9.97 Å². The highest BCUT2D eigenvalue weighted by atomic mass is 35.5. The Morgan fingerprint density at radius 2 is 1.71 bits per heavy atom. The molecule has 0 aliphatic carbocycles. The number of alkyl halides is 3. The highest BCUT2D eigenvalue weighted by Gasteiger charge is 2.33. The number of ether oxygens (including phenoxy) is 2. The van der Waals surface area contributed by atoms with Crippen molar-refractivity contribution in [3.05, 3.63) is 98.7 Å². The molecule has 0 aliphatic rings. The number of halogens is 4. The zero-order chi connectivity index (χ0) is 27.3. The highest BCUT2D eigenvalue weighted by molar-refractivity contribution is 6.31. The lowest BCUT2D eigenvalue weighted by Crippen LogP contribution is -2.21. The molecule has 0 saturated carbocycles. The molecule has 1 N–H and O–H groups in total. The number of hydrogen-bond donors (Lipinski definition) is 1. The van der Waals surface area contributed by atoms with Crippen molar-refractivity contribution < 1.29 is 22.6 Å². The molecule has 12 heteroatoms. The molecule has 198 valence electrons. The van der Waals surface area contributed by atoms with Crippen molar-refractivity contribution in [1.29, 1.82) is 0 Å². The summed E-state index contributed by atoms with van der Waals surface area (Å²) >= 11 is 5.65. The van der Waals surface area contributed by atoms with E-state index in [1.807, 2.05) is 12.1 Å². The fourth-order valence-corrected chi connectivity index (χ4v) is 3.83. The van der Waals surface area contributed by atoms with Gasteiger partial charge in [-0.05, 0) is 47.9 Å². The first-order chi connectivity index (χ1) is 18.1. The van der Waals surface area contributed by atoms with Gasteiger partial charge < -0.3 is 19.4 Å². The smallest absolute Gasteiger partial charge is 0.417 e. The van der Waals surface area contributed by atoms with Crippen LogP contribution >= 0.6 is 11.6 Å². The monoisotopic (exact) mass is 545 g/mol. The second kappa shape index (κ2) is 11.5. The van der Waals surface area contributed by atoms with E-state index < -0.39 is 11.7 Å². The van der Waals surface area contributed by atoms with E-state index in [9.17, 15) is 18.0 Å². The van der Waals surface area contributed by atoms with Crippen LogP contribution in [0, 0.1) is 0 Å². The lowest BCUT2D eigenvalue weighted by molar-refractivity contribution is -0.137. The van der Waals surface area contributed by atoms with Crippen molar-refractivity contribution in [3.63, 3.8) is 0 Å². The number of rotatable bonds is 9. The Hall–Kier alpha value is -4.12. The van der Waals surface area contributed by atoms with Crippen LogP contribution in [0.4, 0.5) is 19.1 Å². The van der Waals surface area contributed by atoms with E-state index in [1.54, 1.807) is 42.3 Å². The van der Waals surface area contributed by atoms with Crippen molar-refractivity contribution in [2.75, 3.05) is 19.0 Å². The number of nitrogens with zero attached hydrogens (tertiary/aromatic N) is 4. The number of anilines is 1. The Kier molecular flexibility index (Phi) is 8.16. The van der Waals surface area contributed by atoms with E-state index in [1.165, 1.54) is 13.2 Å². The largest absolute Gasteiger partial charge is 0.467 e. The maximum Gasteiger partial charge on any atom is 0.417 e. The molecule has 4 rings (SSSR count). The minimum absolute atomic E-state index is 0.0334. The third-order valence-electron chi connectivity index (χ3n) is 5.52. The molecule has 0 amide bonds. The summed E-state index contributed by atoms with van der Waals surface area (Å²) in [5, 5.41) is 2.76. The maximum absolute atomic E-state index is 13.1. The molecule has 0 unspecified atom stereocenters. The summed E-state index contributed by atoms with van der Waals surface area (Å²) < 4.78 is 51.4. The summed E-state index contributed by atoms with van der Waals surface area (Å²) in [4.78, 5) is 24.8. The van der Waals surface area contributed by atoms with E-state index >= 15 is 0 Å². The minimum Gasteiger partial charge on any atom is -0.467 e. The number of hydrogen-bond acceptors (Lipinski definition) is 7. The molecule has 0 bridgehead atoms. The first-order valence-corrected chi connectivity index (χ1v) is 11.8. The fraction of sp³-hybridized carbons (Fsp3) is 0.231. The number of aromatic nitrogens is 4. The van der Waals surface area contributed by atoms with Crippen molar-refractivity contribution >= 4 is 17.5 Å². The van der Waals surface area contributed by atoms with Gasteiger partial charge in [-0.2, -0.15) is 18.2 Å². The lowest BCUT2D eigenvalue weighted by atomic mass is 10.1. The quantitative estimate of drug-likeness (QED) is 0.305. The highest BCUT2D eigenvalue weighted by Crippen LogP contribution is 2.37. The standard InChI is InChI=1S/C26H23ClF3N5O3/c1-35-15-18(11-17-13-32-25(37-2)33-14-17)23(36)34-24(35)31-10-9-16-3-5-19(6-4-16)38-20-7-8-22(27)21(12-20)26(28,29)30/h3-8,12-15H,9-11H2,1-2H3,(H,31,34,36). The second-order valence-corrected chi connectivity index (χ2v) is 8.73. The molecular weight excluding hydrogens is 523 g/mol. The summed E-state index contributed by atoms with van der Waals surface area (Å²) in [5.74, 6) is 0.845. The van der Waals surface area contributed by atoms with E-state index in [2.05, 4.69) is 20.3 Å². The Morgan fingerprint density at radius 1 is 1.03 bits per heavy atom. The fourth-order valence-electron chi connectivity index (χ4n) is 3.61. The molecule has 4 aromatic rings. The van der Waals surface area contributed by atoms with Crippen LogP contribution in [0.2, 0.25) is 5.02 Å². The first-order valence-electron chi connectivity index (χ1n) is 11.4. The van der Waals surface area contributed by atoms with Gasteiger partial charge in [0.1, 0.15) is 11.5 Å². The number of methoxy groups -OCH3 is 1. The van der Waals surface area contributed by atoms with E-state index in [0.29, 0.717) is 36.6 Å². The molecule has 0 spiro atoms. The number of benzene rings is 2. The predicted octanol–water partition coefficient (Wildman–Crippen LogP) is 5.29. The average molecular weight is 546 g/mol. The Morgan fingerprint density at radius 3 is 2.37 bits per heavy atom. The van der Waals surface area contributed by atoms with Crippen LogP contribution in [0.1, 0.15) is 22.3 Å². The van der Waals surface area contributed by atoms with Gasteiger partial charge in [-0.15, -0.1) is 0 Å². The van der Waals surface area contributed by atoms with Crippen LogP contribution < -0.4 is 20.3 Å². The topological polar surface area (TPSA) is 91.2 Å². The predicted molar refractivity (Wildman–Crippen MR) is 136 cm³/mol. The molecule has 0 atom stereocenters. The molecule has 2 aromatic carbocycles. The van der Waals surface area contributed by atoms with Gasteiger partial charge in [-0.1, -0.05) is 23.7 Å². The van der Waals surface area contributed by atoms with E-state index in [-0.39, 0.29) is 22.3 Å². The maximum atomic E-state index is 13.1. The van der Waals surface area contributed by atoms with Gasteiger partial charge in [-0.3, -0.25) is 4.79 Å². The second-order valence-electron chi connectivity index (χ2n) is 8.32. The van der Waals surface area contributed by atoms with Crippen LogP contribution in [0.25, 0.3) is 0 Å². The molecule has 0 aliphatic heterocycles. The molecule has 38 heavy (non-hydrogen) atoms. The van der Waals surface area contributed by atoms with Gasteiger partial charge in [0.05, 0.1) is 17.7 Å². The van der Waals surface area contributed by atoms with Gasteiger partial charge in [0.25, 0.3) is 5.56 Å². The van der Waals surface area contributed by atoms with E-state index in [0.717, 1.165) is 23.3 Å². The summed E-state index contributed by atoms with van der Waals surface area (Å²) in [5.41, 5.74) is 0.919. The van der Waals surface area contributed by atoms with Crippen molar-refractivity contribution in [3.8, 4) is 17.5 Å². The minimum atomic E-state index is -4.57. The van der Waals surface area contributed by atoms with Crippen LogP contribution in [0.5, 0.6) is 17.5 Å². The number of nitrogens with one attached hydrogen (secondary N) is 1. The zero-order valence-electron chi connectivity index (χ0n) is 20.4. The van der Waals surface area contributed by atoms with Gasteiger partial charge in [0.15, 0.2) is 0 Å². The third-order valence-corrected chi connectivity index (χ3v) is 5.85. The first kappa shape index (κ1) is 26.9. The molecule has 8 nitrogen and oxygen atoms in total. The van der Waals surface area contributed by atoms with Gasteiger partial charge in [0, 0.05) is 44.2 Å². The van der Waals surface area contributed by atoms with Crippen LogP contribution in [0.3, 0.4) is 0 Å². The van der Waals surface area contributed by atoms with Crippen molar-refractivity contribution in [2.45, 2.75) is 19.0 Å². The van der Waals surface area contributed by atoms with Gasteiger partial charge >= 0.3 is 12.2 Å². The number of aryl methyl sites for hydroxylation is 1. The average Bonchev–Trinajstić information content (AvgIpc) is 2.88. The lowest BCUT2D eigenvalue weighted by Gasteiger charge is -2.13.